The summed E-state index contributed by atoms with van der Waals surface area (Å²) in [7, 11) is 0. The van der Waals surface area contributed by atoms with Gasteiger partial charge in [-0.15, -0.1) is 165 Å². The molecule has 16 heterocycles. The quantitative estimate of drug-likeness (QED) is 0.0419. The van der Waals surface area contributed by atoms with Crippen molar-refractivity contribution < 1.29 is 0 Å². The molecule has 0 N–H and O–H groups in total. The van der Waals surface area contributed by atoms with E-state index >= 15 is 0 Å². The first-order valence-corrected chi connectivity index (χ1v) is 90.2. The average Bonchev–Trinajstić information content (AvgIpc) is 1.63. The van der Waals surface area contributed by atoms with Crippen molar-refractivity contribution in [3.8, 4) is 0 Å². The molecular weight excluding hydrogens is 2670 g/mol. The van der Waals surface area contributed by atoms with Gasteiger partial charge < -0.3 is 0 Å². The van der Waals surface area contributed by atoms with Crippen molar-refractivity contribution in [3.05, 3.63) is 180 Å². The summed E-state index contributed by atoms with van der Waals surface area (Å²) in [5.74, 6) is 9.88. The number of rotatable bonds is 62. The minimum Gasteiger partial charge on any atom is -0.121 e. The highest BCUT2D eigenvalue weighted by Crippen LogP contribution is 2.80. The molecular formula is C94H116S48. The van der Waals surface area contributed by atoms with Crippen LogP contribution in [0.5, 0.6) is 0 Å². The maximum atomic E-state index is 2.44. The van der Waals surface area contributed by atoms with E-state index in [1.807, 2.05) is 165 Å². The van der Waals surface area contributed by atoms with Crippen molar-refractivity contribution in [2.45, 2.75) is 261 Å². The Balaban J connectivity index is 0.598. The minimum absolute atomic E-state index is 0.979. The van der Waals surface area contributed by atoms with Crippen LogP contribution in [0.25, 0.3) is 0 Å². The Morgan fingerprint density at radius 1 is 0.134 bits per heavy atom. The molecule has 142 heavy (non-hydrogen) atoms. The molecule has 0 saturated heterocycles. The van der Waals surface area contributed by atoms with Crippen LogP contribution in [0, 0.1) is 0 Å². The molecule has 0 spiro atoms. The lowest BCUT2D eigenvalue weighted by atomic mass is 10.2. The van der Waals surface area contributed by atoms with Gasteiger partial charge in [-0.2, -0.15) is 0 Å². The Morgan fingerprint density at radius 2 is 0.254 bits per heavy atom. The Morgan fingerprint density at radius 3 is 0.394 bits per heavy atom. The van der Waals surface area contributed by atoms with Gasteiger partial charge in [-0.25, -0.2) is 0 Å². The molecule has 16 aliphatic heterocycles. The van der Waals surface area contributed by atoms with Crippen LogP contribution < -0.4 is 0 Å². The van der Waals surface area contributed by atoms with Gasteiger partial charge in [-0.3, -0.25) is 0 Å². The summed E-state index contributed by atoms with van der Waals surface area (Å²) in [6.45, 7) is 18.6. The number of unbranched alkanes of at least 4 members (excludes halogenated alkanes) is 24. The van der Waals surface area contributed by atoms with Gasteiger partial charge in [0.25, 0.3) is 0 Å². The van der Waals surface area contributed by atoms with E-state index in [2.05, 4.69) is 479 Å². The molecule has 0 radical (unpaired) electrons. The van der Waals surface area contributed by atoms with Gasteiger partial charge in [0, 0.05) is 10.2 Å². The number of thioether (sulfide) groups is 48. The Labute approximate surface area is 1060 Å². The molecule has 0 saturated carbocycles. The van der Waals surface area contributed by atoms with Crippen LogP contribution >= 0.6 is 565 Å². The molecule has 0 aromatic heterocycles. The minimum atomic E-state index is 0.979. The molecule has 48 heteroatoms. The Bertz CT molecular complexity index is 4680. The Hall–Kier alpha value is 11.3. The normalized spacial score (nSPS) is 20.9. The maximum Gasteiger partial charge on any atom is 0.0718 e. The van der Waals surface area contributed by atoms with Gasteiger partial charge in [0.05, 0.1) is 169 Å². The summed E-state index contributed by atoms with van der Waals surface area (Å²) < 4.78 is 60.0. The molecule has 0 aromatic carbocycles. The van der Waals surface area contributed by atoms with Crippen LogP contribution in [0.3, 0.4) is 0 Å². The SMILES string of the molecule is CCCCCCSC1=C(SCCCCCC)SC(=C2SC3=C(SC(=C4SC(SC)=C(SCSC5=C(S/C=C\SC6=C(SCSC7=C(SC)SC(=C8SC9=C(S8)SC(=C8SC(SCCCCCC)=C(SCCCCCC)S8)S9)S7)SC(=C7SC8=C(S7)SC(=C7SC(SCCCCCC)=C(SCCCCCC)S7)S8)S6)SC(=C6SC7=C(S6)SC(=C6SC(SCCCCCC)=C(SCCCCCC)S6)S7)S5)S4)S3)S2)S1. The lowest BCUT2D eigenvalue weighted by Gasteiger charge is -2.08. The van der Waals surface area contributed by atoms with Crippen molar-refractivity contribution in [3.63, 3.8) is 0 Å². The first-order chi connectivity index (χ1) is 69.9. The zero-order chi connectivity index (χ0) is 98.1. The molecule has 0 bridgehead atoms. The van der Waals surface area contributed by atoms with E-state index in [9.17, 15) is 0 Å². The van der Waals surface area contributed by atoms with E-state index in [4.69, 9.17) is 0 Å². The summed E-state index contributed by atoms with van der Waals surface area (Å²) in [6, 6.07) is 0. The fourth-order valence-corrected chi connectivity index (χ4v) is 88.0. The molecule has 0 amide bonds. The predicted octanol–water partition coefficient (Wildman–Crippen LogP) is 55.2. The van der Waals surface area contributed by atoms with Gasteiger partial charge in [0.2, 0.25) is 0 Å². The van der Waals surface area contributed by atoms with E-state index in [1.54, 1.807) is 33.9 Å². The molecule has 0 unspecified atom stereocenters. The highest BCUT2D eigenvalue weighted by atomic mass is 32.3. The fourth-order valence-electron chi connectivity index (χ4n) is 13.3. The molecule has 0 nitrogen and oxygen atoms in total. The second-order valence-electron chi connectivity index (χ2n) is 31.8. The monoisotopic (exact) mass is 2780 g/mol. The van der Waals surface area contributed by atoms with E-state index in [-0.39, 0.29) is 0 Å². The number of hydrogen-bond donors (Lipinski definition) is 0. The predicted molar refractivity (Wildman–Crippen MR) is 768 cm³/mol. The summed E-state index contributed by atoms with van der Waals surface area (Å²) in [6.07, 6.45) is 47.1. The molecule has 0 fully saturated rings. The standard InChI is InChI=1S/C94H116S48/c1-11-19-27-35-43-97-59-60(98-44-36-28-20-12-2)116-73(115-59)81-131-87-88(132-81)128-79(127-87)71-111-55(95-9)57(113-71)107-53-109-69-67(123-77(125-69)85-139-91-92(140-85)136-83(135-91)75-119-63(101-47-39-31-23-15-5)64(120-75)102-48-40-32-24-16-6)105-51-52-106-68-70(126-78(124-68)86-141-93-94(142-86)138-84(137-93)76-121-65(103-49-41-33-25-17-7)66(122-76)104-50-42-34-26-18-8)110-54-108-58-56(96-10)112-72(114-58)80-129-89-90(130-80)134-82(133-89)74-117-61(99-45-37-29-21-13-3)62(118-74)100-46-38-30-22-14-4/h51-52H,11-50,53-54H2,1-10H3/b52-51-. The van der Waals surface area contributed by atoms with Gasteiger partial charge in [0.15, 0.2) is 0 Å². The molecule has 16 rings (SSSR count). The topological polar surface area (TPSA) is 0 Å². The van der Waals surface area contributed by atoms with E-state index in [1.165, 1.54) is 387 Å². The van der Waals surface area contributed by atoms with Gasteiger partial charge >= 0.3 is 0 Å². The van der Waals surface area contributed by atoms with Crippen molar-refractivity contribution in [2.24, 2.45) is 0 Å². The second kappa shape index (κ2) is 70.0. The zero-order valence-electron chi connectivity index (χ0n) is 80.4. The lowest BCUT2D eigenvalue weighted by molar-refractivity contribution is 0.707. The number of hydrogen-bond acceptors (Lipinski definition) is 48. The van der Waals surface area contributed by atoms with Crippen LogP contribution in [0.15, 0.2) is 180 Å². The van der Waals surface area contributed by atoms with Crippen LogP contribution in [-0.4, -0.2) is 68.7 Å². The summed E-state index contributed by atoms with van der Waals surface area (Å²) in [4.78, 5) is 0. The van der Waals surface area contributed by atoms with Crippen molar-refractivity contribution in [1.82, 2.24) is 0 Å². The van der Waals surface area contributed by atoms with Gasteiger partial charge in [-0.1, -0.05) is 609 Å². The van der Waals surface area contributed by atoms with Crippen LogP contribution in [0.2, 0.25) is 0 Å². The van der Waals surface area contributed by atoms with Crippen LogP contribution in [0.1, 0.15) is 261 Å². The molecule has 16 aliphatic rings. The third-order valence-electron chi connectivity index (χ3n) is 20.7. The molecule has 0 aliphatic carbocycles. The van der Waals surface area contributed by atoms with Gasteiger partial charge in [0.1, 0.15) is 0 Å². The zero-order valence-corrected chi connectivity index (χ0v) is 120. The first kappa shape index (κ1) is 126. The molecule has 780 valence electrons. The molecule has 0 atom stereocenters. The van der Waals surface area contributed by atoms with E-state index < -0.39 is 0 Å². The average molecular weight is 2790 g/mol. The molecule has 0 aromatic rings. The van der Waals surface area contributed by atoms with Crippen LogP contribution in [-0.2, 0) is 0 Å². The highest BCUT2D eigenvalue weighted by molar-refractivity contribution is 8.56. The third-order valence-corrected chi connectivity index (χ3v) is 91.9. The van der Waals surface area contributed by atoms with Crippen molar-refractivity contribution >= 4 is 565 Å². The largest absolute Gasteiger partial charge is 0.121 e. The second-order valence-corrected chi connectivity index (χ2v) is 91.7. The van der Waals surface area contributed by atoms with E-state index in [0.29, 0.717) is 0 Å². The summed E-state index contributed by atoms with van der Waals surface area (Å²) in [5.41, 5.74) is 0. The van der Waals surface area contributed by atoms with Crippen molar-refractivity contribution in [1.29, 1.82) is 0 Å². The highest BCUT2D eigenvalue weighted by Gasteiger charge is 2.44. The first-order valence-electron chi connectivity index (χ1n) is 48.1. The maximum absolute atomic E-state index is 2.44. The Kier molecular flexibility index (Phi) is 61.9. The van der Waals surface area contributed by atoms with Crippen LogP contribution in [0.4, 0.5) is 0 Å². The van der Waals surface area contributed by atoms with E-state index in [0.717, 1.165) is 10.2 Å². The summed E-state index contributed by atoms with van der Waals surface area (Å²) in [5, 5.41) is 6.84. The fraction of sp³-hybridized carbons (Fsp3) is 0.553. The van der Waals surface area contributed by atoms with Gasteiger partial charge in [-0.05, 0) is 121 Å². The summed E-state index contributed by atoms with van der Waals surface area (Å²) >= 11 is 99.2. The van der Waals surface area contributed by atoms with Crippen molar-refractivity contribution in [2.75, 3.05) is 68.7 Å². The lowest BCUT2D eigenvalue weighted by Crippen LogP contribution is -1.83. The smallest absolute Gasteiger partial charge is 0.0718 e. The third kappa shape index (κ3) is 38.4.